The molecule has 0 saturated carbocycles. The molecule has 56 heavy (non-hydrogen) atoms. The molecule has 1 atom stereocenters. The third kappa shape index (κ3) is 3.50. The number of allylic oxidation sites excluding steroid dienone is 7. The smallest absolute Gasteiger partial charge is 0.243 e. The highest BCUT2D eigenvalue weighted by molar-refractivity contribution is 7.08. The summed E-state index contributed by atoms with van der Waals surface area (Å²) in [6.45, 7) is 0.362. The maximum Gasteiger partial charge on any atom is 0.243 e. The molecule has 2 aliphatic heterocycles. The molecule has 2 nitrogen and oxygen atoms in total. The van der Waals surface area contributed by atoms with Crippen molar-refractivity contribution >= 4 is 85.8 Å². The van der Waals surface area contributed by atoms with Crippen LogP contribution in [0.2, 0.25) is 0 Å². The predicted molar refractivity (Wildman–Crippen MR) is 234 cm³/mol. The number of fused-ring (bicyclic) bond motifs is 11. The van der Waals surface area contributed by atoms with Gasteiger partial charge in [-0.25, -0.2) is 0 Å². The molecule has 0 bridgehead atoms. The monoisotopic (exact) mass is 705 g/mol. The normalized spacial score (nSPS) is 16.9. The van der Waals surface area contributed by atoms with Crippen LogP contribution in [0.5, 0.6) is 0 Å². The fraction of sp³-hybridized carbons (Fsp3) is 0.0192. The van der Waals surface area contributed by atoms with E-state index < -0.39 is 0 Å². The molecule has 5 aliphatic rings. The maximum atomic E-state index is 2.60. The molecule has 7 aromatic carbocycles. The number of aromatic nitrogens is 2. The molecule has 0 amide bonds. The average molecular weight is 705 g/mol. The summed E-state index contributed by atoms with van der Waals surface area (Å²) in [6.07, 6.45) is 12.4. The highest BCUT2D eigenvalue weighted by Crippen LogP contribution is 2.49. The Morgan fingerprint density at radius 2 is 1.34 bits per heavy atom. The van der Waals surface area contributed by atoms with Crippen molar-refractivity contribution in [2.24, 2.45) is 0 Å². The zero-order valence-electron chi connectivity index (χ0n) is 30.4. The molecule has 0 N–H and O–H groups in total. The van der Waals surface area contributed by atoms with E-state index in [2.05, 4.69) is 191 Å². The average Bonchev–Trinajstić information content (AvgIpc) is 3.79. The molecule has 0 fully saturated rings. The minimum atomic E-state index is 0.142. The van der Waals surface area contributed by atoms with E-state index in [0.29, 0.717) is 0 Å². The Balaban J connectivity index is 1.14. The second-order valence-corrected chi connectivity index (χ2v) is 16.1. The van der Waals surface area contributed by atoms with Gasteiger partial charge in [-0.05, 0) is 51.6 Å². The quantitative estimate of drug-likeness (QED) is 0.100. The van der Waals surface area contributed by atoms with Crippen LogP contribution in [0.25, 0.3) is 67.3 Å². The van der Waals surface area contributed by atoms with E-state index in [4.69, 9.17) is 0 Å². The molecular formula is C52H31B2N2+. The lowest BCUT2D eigenvalue weighted by molar-refractivity contribution is -0.538. The van der Waals surface area contributed by atoms with E-state index in [9.17, 15) is 0 Å². The Kier molecular flexibility index (Phi) is 5.49. The van der Waals surface area contributed by atoms with Crippen molar-refractivity contribution in [1.29, 1.82) is 0 Å². The second-order valence-electron chi connectivity index (χ2n) is 16.1. The summed E-state index contributed by atoms with van der Waals surface area (Å²) in [6, 6.07) is 56.7. The van der Waals surface area contributed by atoms with Crippen LogP contribution in [0.4, 0.5) is 0 Å². The Morgan fingerprint density at radius 3 is 2.25 bits per heavy atom. The Bertz CT molecular complexity index is 3480. The van der Waals surface area contributed by atoms with E-state index >= 15 is 0 Å². The van der Waals surface area contributed by atoms with E-state index in [1.807, 2.05) is 0 Å². The summed E-state index contributed by atoms with van der Waals surface area (Å²) < 4.78 is 5.08. The standard InChI is InChI=1S/C52H31B2N2/c1-3-13-33(14-4-1)53-42-22-11-19-37-35-17-7-9-21-41(35)54(49(37)42)43-29-31-26-28-40-48-32(25-27-39(47(31)48)50(43)53)30-46-52(40)55(34-15-5-2-6-16-34)45-24-12-20-38-36-18-8-10-23-44(36)56(46)51(38)45/h1-30,47H/q+1. The van der Waals surface area contributed by atoms with Gasteiger partial charge in [0.2, 0.25) is 30.1 Å². The number of hydrogen-bond acceptors (Lipinski definition) is 0. The van der Waals surface area contributed by atoms with Crippen LogP contribution < -0.4 is 31.6 Å². The Morgan fingerprint density at radius 1 is 0.589 bits per heavy atom. The lowest BCUT2D eigenvalue weighted by atomic mass is 9.19. The first kappa shape index (κ1) is 29.5. The lowest BCUT2D eigenvalue weighted by Crippen LogP contribution is -2.63. The Labute approximate surface area is 324 Å². The third-order valence-corrected chi connectivity index (χ3v) is 13.6. The first-order valence-electron chi connectivity index (χ1n) is 19.9. The molecular weight excluding hydrogens is 674 g/mol. The summed E-state index contributed by atoms with van der Waals surface area (Å²) in [5.41, 5.74) is 24.4. The molecule has 4 heterocycles. The van der Waals surface area contributed by atoms with Crippen LogP contribution in [-0.4, -0.2) is 17.8 Å². The molecule has 0 radical (unpaired) electrons. The van der Waals surface area contributed by atoms with Gasteiger partial charge in [0.15, 0.2) is 0 Å². The van der Waals surface area contributed by atoms with Gasteiger partial charge in [0.05, 0.1) is 10.7 Å². The van der Waals surface area contributed by atoms with Gasteiger partial charge in [-0.3, -0.25) is 4.40 Å². The number of rotatable bonds is 2. The maximum absolute atomic E-state index is 2.60. The molecule has 2 aromatic heterocycles. The zero-order valence-corrected chi connectivity index (χ0v) is 30.4. The van der Waals surface area contributed by atoms with Crippen molar-refractivity contribution in [2.45, 2.75) is 5.92 Å². The molecule has 254 valence electrons. The summed E-state index contributed by atoms with van der Waals surface area (Å²) in [5, 5.41) is 3.89. The minimum Gasteiger partial charge on any atom is -0.297 e. The fourth-order valence-electron chi connectivity index (χ4n) is 11.6. The topological polar surface area (TPSA) is 8.29 Å². The van der Waals surface area contributed by atoms with E-state index in [-0.39, 0.29) is 19.3 Å². The molecule has 4 heteroatoms. The largest absolute Gasteiger partial charge is 0.297 e. The first-order valence-corrected chi connectivity index (χ1v) is 19.9. The van der Waals surface area contributed by atoms with Crippen molar-refractivity contribution in [3.8, 4) is 16.8 Å². The van der Waals surface area contributed by atoms with Gasteiger partial charge in [0, 0.05) is 34.9 Å². The van der Waals surface area contributed by atoms with Gasteiger partial charge >= 0.3 is 0 Å². The second kappa shape index (κ2) is 10.4. The van der Waals surface area contributed by atoms with Gasteiger partial charge in [-0.2, -0.15) is 0 Å². The molecule has 14 rings (SSSR count). The van der Waals surface area contributed by atoms with Gasteiger partial charge in [0.25, 0.3) is 0 Å². The molecule has 0 saturated heterocycles. The molecule has 9 aromatic rings. The predicted octanol–water partition coefficient (Wildman–Crippen LogP) is 7.45. The summed E-state index contributed by atoms with van der Waals surface area (Å²) in [5.74, 6) is 0.142. The highest BCUT2D eigenvalue weighted by atomic mass is 15.0. The van der Waals surface area contributed by atoms with Crippen LogP contribution in [0.3, 0.4) is 0 Å². The van der Waals surface area contributed by atoms with E-state index in [1.54, 1.807) is 0 Å². The number of para-hydroxylation sites is 3. The number of hydrogen-bond donors (Lipinski definition) is 0. The highest BCUT2D eigenvalue weighted by Gasteiger charge is 2.49. The molecule has 3 aliphatic carbocycles. The van der Waals surface area contributed by atoms with E-state index in [1.165, 1.54) is 115 Å². The van der Waals surface area contributed by atoms with Crippen LogP contribution >= 0.6 is 0 Å². The van der Waals surface area contributed by atoms with Crippen molar-refractivity contribution in [1.82, 2.24) is 4.40 Å². The Hall–Kier alpha value is -6.90. The van der Waals surface area contributed by atoms with Gasteiger partial charge in [0.1, 0.15) is 11.0 Å². The lowest BCUT2D eigenvalue weighted by Gasteiger charge is -2.41. The minimum absolute atomic E-state index is 0.142. The van der Waals surface area contributed by atoms with Crippen LogP contribution in [-0.2, 0) is 0 Å². The molecule has 1 unspecified atom stereocenters. The van der Waals surface area contributed by atoms with Gasteiger partial charge in [-0.15, -0.1) is 4.57 Å². The van der Waals surface area contributed by atoms with Crippen LogP contribution in [0, 0.1) is 0 Å². The van der Waals surface area contributed by atoms with Crippen molar-refractivity contribution in [3.05, 3.63) is 208 Å². The van der Waals surface area contributed by atoms with Crippen LogP contribution in [0.15, 0.2) is 192 Å². The molecule has 0 spiro atoms. The third-order valence-electron chi connectivity index (χ3n) is 13.6. The fourth-order valence-corrected chi connectivity index (χ4v) is 11.6. The zero-order chi connectivity index (χ0) is 36.2. The summed E-state index contributed by atoms with van der Waals surface area (Å²) in [7, 11) is 0. The van der Waals surface area contributed by atoms with Gasteiger partial charge < -0.3 is 0 Å². The number of benzene rings is 7. The van der Waals surface area contributed by atoms with Crippen molar-refractivity contribution < 1.29 is 4.57 Å². The van der Waals surface area contributed by atoms with Crippen LogP contribution in [0.1, 0.15) is 17.0 Å². The number of nitrogens with zero attached hydrogens (tertiary/aromatic N) is 2. The van der Waals surface area contributed by atoms with Crippen molar-refractivity contribution in [3.63, 3.8) is 0 Å². The summed E-state index contributed by atoms with van der Waals surface area (Å²) in [4.78, 5) is 0. The first-order chi connectivity index (χ1) is 27.8. The van der Waals surface area contributed by atoms with Crippen molar-refractivity contribution in [2.75, 3.05) is 0 Å². The van der Waals surface area contributed by atoms with Gasteiger partial charge in [-0.1, -0.05) is 178 Å². The summed E-state index contributed by atoms with van der Waals surface area (Å²) >= 11 is 0. The SMILES string of the molecule is C1=Cc2cc3c(c4c2C2C(=CC=4)C=C4B5c6ccccc6-c6cccc(c65)B(c5ccccc5)C4=C12)[n+](-c1ccccc1)c1cccc2c4ccccc4n3c21. The van der Waals surface area contributed by atoms with E-state index in [0.717, 1.165) is 0 Å².